The van der Waals surface area contributed by atoms with Crippen LogP contribution in [0.25, 0.3) is 0 Å². The summed E-state index contributed by atoms with van der Waals surface area (Å²) in [6, 6.07) is 6.35. The zero-order valence-electron chi connectivity index (χ0n) is 18.0. The summed E-state index contributed by atoms with van der Waals surface area (Å²) in [7, 11) is -0.632. The van der Waals surface area contributed by atoms with Crippen molar-refractivity contribution in [3.05, 3.63) is 29.8 Å². The van der Waals surface area contributed by atoms with Gasteiger partial charge in [0.25, 0.3) is 0 Å². The van der Waals surface area contributed by atoms with Crippen molar-refractivity contribution in [3.8, 4) is 5.75 Å². The first kappa shape index (κ1) is 24.1. The molecule has 1 N–H and O–H groups in total. The lowest BCUT2D eigenvalue weighted by molar-refractivity contribution is -0.140. The Kier molecular flexibility index (Phi) is 8.63. The molecule has 1 aromatic rings. The predicted molar refractivity (Wildman–Crippen MR) is 112 cm³/mol. The highest BCUT2D eigenvalue weighted by molar-refractivity contribution is 7.88. The molecule has 1 saturated heterocycles. The van der Waals surface area contributed by atoms with Gasteiger partial charge in [0.1, 0.15) is 11.8 Å². The maximum atomic E-state index is 12.9. The Labute approximate surface area is 178 Å². The topological polar surface area (TPSA) is 105 Å². The van der Waals surface area contributed by atoms with Crippen molar-refractivity contribution >= 4 is 21.8 Å². The van der Waals surface area contributed by atoms with Gasteiger partial charge in [-0.05, 0) is 37.5 Å². The van der Waals surface area contributed by atoms with Gasteiger partial charge >= 0.3 is 0 Å². The Hall–Kier alpha value is -2.17. The fourth-order valence-electron chi connectivity index (χ4n) is 3.08. The molecule has 9 nitrogen and oxygen atoms in total. The summed E-state index contributed by atoms with van der Waals surface area (Å²) in [5.74, 6) is -0.0938. The van der Waals surface area contributed by atoms with Crippen molar-refractivity contribution in [2.75, 3.05) is 40.1 Å². The molecule has 168 valence electrons. The number of hydrogen-bond acceptors (Lipinski definition) is 6. The van der Waals surface area contributed by atoms with E-state index in [2.05, 4.69) is 5.32 Å². The van der Waals surface area contributed by atoms with E-state index in [-0.39, 0.29) is 25.1 Å². The van der Waals surface area contributed by atoms with Crippen molar-refractivity contribution in [1.82, 2.24) is 14.5 Å². The SMILES string of the molecule is COc1ccc(CN(C(=O)CN(C)S(C)(=O)=O)[C@H](C)C(=O)NC[C@@H]2CCCO2)cc1. The molecular formula is C20H31N3O6S. The van der Waals surface area contributed by atoms with Crippen LogP contribution < -0.4 is 10.1 Å². The number of benzene rings is 1. The van der Waals surface area contributed by atoms with Crippen LogP contribution in [0.1, 0.15) is 25.3 Å². The van der Waals surface area contributed by atoms with Gasteiger partial charge < -0.3 is 19.7 Å². The van der Waals surface area contributed by atoms with Gasteiger partial charge in [0.15, 0.2) is 0 Å². The van der Waals surface area contributed by atoms with Crippen molar-refractivity contribution < 1.29 is 27.5 Å². The molecule has 1 aromatic carbocycles. The average Bonchev–Trinajstić information content (AvgIpc) is 3.23. The minimum atomic E-state index is -3.53. The van der Waals surface area contributed by atoms with E-state index in [9.17, 15) is 18.0 Å². The number of likely N-dealkylation sites (N-methyl/N-ethyl adjacent to an activating group) is 1. The maximum absolute atomic E-state index is 12.9. The number of ether oxygens (including phenoxy) is 2. The Balaban J connectivity index is 2.12. The Bertz CT molecular complexity index is 821. The standard InChI is InChI=1S/C20H31N3O6S/c1-15(20(25)21-12-18-6-5-11-29-18)23(19(24)14-22(2)30(4,26)27)13-16-7-9-17(28-3)10-8-16/h7-10,15,18H,5-6,11-14H2,1-4H3,(H,21,25)/t15-,18+/m1/s1. The third-order valence-electron chi connectivity index (χ3n) is 5.13. The molecule has 1 aliphatic heterocycles. The lowest BCUT2D eigenvalue weighted by Crippen LogP contribution is -2.51. The highest BCUT2D eigenvalue weighted by Crippen LogP contribution is 2.16. The molecule has 1 aliphatic rings. The molecule has 0 radical (unpaired) electrons. The number of nitrogens with zero attached hydrogens (tertiary/aromatic N) is 2. The molecule has 0 spiro atoms. The molecular weight excluding hydrogens is 410 g/mol. The van der Waals surface area contributed by atoms with E-state index >= 15 is 0 Å². The smallest absolute Gasteiger partial charge is 0.242 e. The van der Waals surface area contributed by atoms with Crippen molar-refractivity contribution in [1.29, 1.82) is 0 Å². The van der Waals surface area contributed by atoms with Crippen LogP contribution in [0.5, 0.6) is 5.75 Å². The van der Waals surface area contributed by atoms with Gasteiger partial charge in [-0.25, -0.2) is 8.42 Å². The van der Waals surface area contributed by atoms with Gasteiger partial charge in [-0.2, -0.15) is 4.31 Å². The second-order valence-corrected chi connectivity index (χ2v) is 9.53. The molecule has 2 rings (SSSR count). The lowest BCUT2D eigenvalue weighted by Gasteiger charge is -2.30. The molecule has 10 heteroatoms. The monoisotopic (exact) mass is 441 g/mol. The molecule has 2 amide bonds. The highest BCUT2D eigenvalue weighted by Gasteiger charge is 2.29. The molecule has 0 unspecified atom stereocenters. The van der Waals surface area contributed by atoms with E-state index < -0.39 is 22.0 Å². The van der Waals surface area contributed by atoms with Crippen LogP contribution in [-0.4, -0.2) is 81.7 Å². The van der Waals surface area contributed by atoms with Crippen LogP contribution in [0.15, 0.2) is 24.3 Å². The number of nitrogens with one attached hydrogen (secondary N) is 1. The third-order valence-corrected chi connectivity index (χ3v) is 6.39. The predicted octanol–water partition coefficient (Wildman–Crippen LogP) is 0.599. The van der Waals surface area contributed by atoms with Gasteiger partial charge in [0.05, 0.1) is 26.0 Å². The molecule has 0 bridgehead atoms. The van der Waals surface area contributed by atoms with E-state index in [1.165, 1.54) is 11.9 Å². The summed E-state index contributed by atoms with van der Waals surface area (Å²) in [5.41, 5.74) is 0.796. The second-order valence-electron chi connectivity index (χ2n) is 7.44. The number of carbonyl (C=O) groups excluding carboxylic acids is 2. The van der Waals surface area contributed by atoms with Crippen LogP contribution in [0.2, 0.25) is 0 Å². The summed E-state index contributed by atoms with van der Waals surface area (Å²) >= 11 is 0. The highest BCUT2D eigenvalue weighted by atomic mass is 32.2. The summed E-state index contributed by atoms with van der Waals surface area (Å²) in [4.78, 5) is 27.0. The summed E-state index contributed by atoms with van der Waals surface area (Å²) in [6.07, 6.45) is 2.88. The van der Waals surface area contributed by atoms with Gasteiger partial charge in [0.2, 0.25) is 21.8 Å². The van der Waals surface area contributed by atoms with Gasteiger partial charge in [-0.1, -0.05) is 12.1 Å². The molecule has 2 atom stereocenters. The number of rotatable bonds is 10. The second kappa shape index (κ2) is 10.7. The molecule has 1 heterocycles. The van der Waals surface area contributed by atoms with Gasteiger partial charge in [0, 0.05) is 26.7 Å². The molecule has 1 fully saturated rings. The van der Waals surface area contributed by atoms with Crippen LogP contribution in [0.4, 0.5) is 0 Å². The number of methoxy groups -OCH3 is 1. The minimum Gasteiger partial charge on any atom is -0.497 e. The third kappa shape index (κ3) is 6.96. The summed E-state index contributed by atoms with van der Waals surface area (Å²) in [6.45, 7) is 2.52. The Morgan fingerprint density at radius 2 is 1.97 bits per heavy atom. The quantitative estimate of drug-likeness (QED) is 0.570. The summed E-state index contributed by atoms with van der Waals surface area (Å²) < 4.78 is 35.1. The molecule has 0 saturated carbocycles. The van der Waals surface area contributed by atoms with Crippen molar-refractivity contribution in [3.63, 3.8) is 0 Å². The maximum Gasteiger partial charge on any atom is 0.242 e. The van der Waals surface area contributed by atoms with Crippen LogP contribution >= 0.6 is 0 Å². The lowest BCUT2D eigenvalue weighted by atomic mass is 10.1. The largest absolute Gasteiger partial charge is 0.497 e. The van der Waals surface area contributed by atoms with E-state index in [0.29, 0.717) is 18.9 Å². The van der Waals surface area contributed by atoms with Crippen molar-refractivity contribution in [2.45, 2.75) is 38.5 Å². The number of sulfonamides is 1. The van der Waals surface area contributed by atoms with E-state index in [4.69, 9.17) is 9.47 Å². The van der Waals surface area contributed by atoms with Crippen LogP contribution in [0, 0.1) is 0 Å². The normalized spacial score (nSPS) is 17.6. The van der Waals surface area contributed by atoms with E-state index in [0.717, 1.165) is 29.0 Å². The zero-order chi connectivity index (χ0) is 22.3. The number of hydrogen-bond donors (Lipinski definition) is 1. The van der Waals surface area contributed by atoms with Gasteiger partial charge in [-0.15, -0.1) is 0 Å². The summed E-state index contributed by atoms with van der Waals surface area (Å²) in [5, 5.41) is 2.84. The molecule has 0 aromatic heterocycles. The molecule has 0 aliphatic carbocycles. The van der Waals surface area contributed by atoms with Crippen LogP contribution in [0.3, 0.4) is 0 Å². The van der Waals surface area contributed by atoms with E-state index in [1.807, 2.05) is 0 Å². The number of carbonyl (C=O) groups is 2. The van der Waals surface area contributed by atoms with Crippen LogP contribution in [-0.2, 0) is 30.9 Å². The fraction of sp³-hybridized carbons (Fsp3) is 0.600. The van der Waals surface area contributed by atoms with E-state index in [1.54, 1.807) is 38.3 Å². The average molecular weight is 442 g/mol. The molecule has 30 heavy (non-hydrogen) atoms. The Morgan fingerprint density at radius 1 is 1.30 bits per heavy atom. The van der Waals surface area contributed by atoms with Gasteiger partial charge in [-0.3, -0.25) is 9.59 Å². The first-order valence-corrected chi connectivity index (χ1v) is 11.7. The first-order valence-electron chi connectivity index (χ1n) is 9.85. The fourth-order valence-corrected chi connectivity index (χ4v) is 3.42. The minimum absolute atomic E-state index is 0.0109. The zero-order valence-corrected chi connectivity index (χ0v) is 18.8. The Morgan fingerprint density at radius 3 is 2.50 bits per heavy atom. The first-order chi connectivity index (χ1) is 14.1. The van der Waals surface area contributed by atoms with Crippen molar-refractivity contribution in [2.24, 2.45) is 0 Å². The number of amides is 2.